The molecule has 1 aromatic carbocycles. The van der Waals surface area contributed by atoms with Crippen molar-refractivity contribution in [1.29, 1.82) is 0 Å². The number of amides is 3. The van der Waals surface area contributed by atoms with Crippen LogP contribution in [0.15, 0.2) is 41.3 Å². The van der Waals surface area contributed by atoms with E-state index in [-0.39, 0.29) is 17.8 Å². The van der Waals surface area contributed by atoms with E-state index < -0.39 is 11.2 Å². The summed E-state index contributed by atoms with van der Waals surface area (Å²) in [6, 6.07) is 9.62. The number of fused-ring (bicyclic) bond motifs is 1. The van der Waals surface area contributed by atoms with Crippen LogP contribution < -0.4 is 22.5 Å². The molecule has 2 saturated heterocycles. The minimum atomic E-state index is -0.945. The summed E-state index contributed by atoms with van der Waals surface area (Å²) in [6.45, 7) is 10.3. The molecule has 3 aliphatic rings. The number of nitrogens with zero attached hydrogens (tertiary/aromatic N) is 5. The van der Waals surface area contributed by atoms with E-state index in [9.17, 15) is 14.4 Å². The van der Waals surface area contributed by atoms with Gasteiger partial charge < -0.3 is 26.2 Å². The van der Waals surface area contributed by atoms with Gasteiger partial charge >= 0.3 is 11.7 Å². The van der Waals surface area contributed by atoms with Crippen molar-refractivity contribution in [3.63, 3.8) is 0 Å². The average Bonchev–Trinajstić information content (AvgIpc) is 3.27. The van der Waals surface area contributed by atoms with E-state index in [1.807, 2.05) is 12.1 Å². The fourth-order valence-corrected chi connectivity index (χ4v) is 5.64. The van der Waals surface area contributed by atoms with E-state index >= 15 is 0 Å². The van der Waals surface area contributed by atoms with Crippen molar-refractivity contribution in [2.75, 3.05) is 51.1 Å². The SMILES string of the molecule is CC(CN1C[C@@H]2C(N)[C@@H]2C1)c1ccc(-n2ccc(NC(=O)N3CCN(C(=O)C(C)(C)N)CC3)nc2=O)cc1. The molecular formula is C27H38N8O3. The molecule has 0 spiro atoms. The normalized spacial score (nSPS) is 24.2. The van der Waals surface area contributed by atoms with Gasteiger partial charge in [-0.3, -0.25) is 14.7 Å². The molecule has 3 amide bonds. The summed E-state index contributed by atoms with van der Waals surface area (Å²) in [5.74, 6) is 1.79. The molecule has 5 N–H and O–H groups in total. The number of nitrogens with two attached hydrogens (primary N) is 2. The summed E-state index contributed by atoms with van der Waals surface area (Å²) < 4.78 is 1.46. The second-order valence-electron chi connectivity index (χ2n) is 11.5. The van der Waals surface area contributed by atoms with Gasteiger partial charge in [-0.05, 0) is 55.4 Å². The molecule has 5 rings (SSSR count). The third-order valence-corrected chi connectivity index (χ3v) is 8.05. The fraction of sp³-hybridized carbons (Fsp3) is 0.556. The quantitative estimate of drug-likeness (QED) is 0.505. The Balaban J connectivity index is 1.15. The molecule has 38 heavy (non-hydrogen) atoms. The van der Waals surface area contributed by atoms with Gasteiger partial charge in [0.05, 0.1) is 11.2 Å². The van der Waals surface area contributed by atoms with Crippen LogP contribution in [0.5, 0.6) is 0 Å². The number of rotatable bonds is 6. The van der Waals surface area contributed by atoms with E-state index in [4.69, 9.17) is 11.5 Å². The minimum absolute atomic E-state index is 0.140. The summed E-state index contributed by atoms with van der Waals surface area (Å²) in [5, 5.41) is 2.69. The summed E-state index contributed by atoms with van der Waals surface area (Å²) in [7, 11) is 0. The van der Waals surface area contributed by atoms with Crippen LogP contribution >= 0.6 is 0 Å². The van der Waals surface area contributed by atoms with Gasteiger partial charge in [-0.15, -0.1) is 0 Å². The maximum atomic E-state index is 12.7. The maximum Gasteiger partial charge on any atom is 0.354 e. The van der Waals surface area contributed by atoms with Crippen LogP contribution in [0.1, 0.15) is 32.3 Å². The lowest BCUT2D eigenvalue weighted by molar-refractivity contribution is -0.137. The molecule has 1 aliphatic carbocycles. The second kappa shape index (κ2) is 10.1. The van der Waals surface area contributed by atoms with Gasteiger partial charge in [0.1, 0.15) is 5.82 Å². The van der Waals surface area contributed by atoms with Crippen molar-refractivity contribution in [2.24, 2.45) is 23.3 Å². The molecule has 4 atom stereocenters. The third kappa shape index (κ3) is 5.45. The number of piperidine rings is 1. The smallest absolute Gasteiger partial charge is 0.338 e. The van der Waals surface area contributed by atoms with E-state index in [2.05, 4.69) is 34.3 Å². The third-order valence-electron chi connectivity index (χ3n) is 8.05. The number of benzene rings is 1. The number of urea groups is 1. The monoisotopic (exact) mass is 522 g/mol. The van der Waals surface area contributed by atoms with Crippen molar-refractivity contribution in [3.8, 4) is 5.69 Å². The second-order valence-corrected chi connectivity index (χ2v) is 11.5. The Labute approximate surface area is 222 Å². The first-order valence-electron chi connectivity index (χ1n) is 13.3. The number of carbonyl (C=O) groups excluding carboxylic acids is 2. The first-order valence-corrected chi connectivity index (χ1v) is 13.3. The molecule has 3 fully saturated rings. The Morgan fingerprint density at radius 1 is 1.05 bits per heavy atom. The molecule has 1 saturated carbocycles. The average molecular weight is 523 g/mol. The van der Waals surface area contributed by atoms with E-state index in [1.54, 1.807) is 35.9 Å². The van der Waals surface area contributed by atoms with Gasteiger partial charge in [-0.25, -0.2) is 9.59 Å². The molecule has 0 radical (unpaired) electrons. The molecule has 204 valence electrons. The lowest BCUT2D eigenvalue weighted by Gasteiger charge is -2.37. The first kappa shape index (κ1) is 26.3. The molecule has 1 aromatic heterocycles. The van der Waals surface area contributed by atoms with E-state index in [0.717, 1.165) is 19.6 Å². The molecule has 2 aliphatic heterocycles. The highest BCUT2D eigenvalue weighted by Crippen LogP contribution is 2.44. The topological polar surface area (TPSA) is 143 Å². The van der Waals surface area contributed by atoms with Crippen LogP contribution in [0.4, 0.5) is 10.6 Å². The highest BCUT2D eigenvalue weighted by atomic mass is 16.2. The Morgan fingerprint density at radius 2 is 1.66 bits per heavy atom. The van der Waals surface area contributed by atoms with Crippen LogP contribution in [-0.2, 0) is 4.79 Å². The van der Waals surface area contributed by atoms with Crippen molar-refractivity contribution in [1.82, 2.24) is 24.3 Å². The fourth-order valence-electron chi connectivity index (χ4n) is 5.64. The van der Waals surface area contributed by atoms with Gasteiger partial charge in [0.25, 0.3) is 0 Å². The Bertz CT molecular complexity index is 1230. The molecule has 3 heterocycles. The molecule has 2 aromatic rings. The number of aromatic nitrogens is 2. The van der Waals surface area contributed by atoms with E-state index in [1.165, 1.54) is 10.1 Å². The number of nitrogens with one attached hydrogen (secondary N) is 1. The lowest BCUT2D eigenvalue weighted by atomic mass is 10.00. The highest BCUT2D eigenvalue weighted by molar-refractivity contribution is 5.89. The zero-order valence-corrected chi connectivity index (χ0v) is 22.3. The standard InChI is InChI=1S/C27H38N8O3/c1-17(14-32-15-20-21(16-32)23(20)28)18-4-6-19(7-5-18)35-9-8-22(31-26(35)38)30-25(37)34-12-10-33(11-13-34)24(36)27(2,3)29/h4-9,17,20-21,23H,10-16,28-29H2,1-3H3,(H,30,31,37,38)/t17?,20-,21+,23?. The molecular weight excluding hydrogens is 484 g/mol. The number of carbonyl (C=O) groups is 2. The Kier molecular flexibility index (Phi) is 7.01. The molecule has 11 heteroatoms. The lowest BCUT2D eigenvalue weighted by Crippen LogP contribution is -2.58. The zero-order valence-electron chi connectivity index (χ0n) is 22.3. The summed E-state index contributed by atoms with van der Waals surface area (Å²) in [5.41, 5.74) is 12.5. The number of anilines is 1. The number of likely N-dealkylation sites (tertiary alicyclic amines) is 1. The van der Waals surface area contributed by atoms with Crippen LogP contribution in [0.3, 0.4) is 0 Å². The van der Waals surface area contributed by atoms with Gasteiger partial charge in [0, 0.05) is 58.1 Å². The first-order chi connectivity index (χ1) is 18.0. The number of piperazine rings is 1. The summed E-state index contributed by atoms with van der Waals surface area (Å²) in [4.78, 5) is 47.6. The highest BCUT2D eigenvalue weighted by Gasteiger charge is 2.53. The zero-order chi connectivity index (χ0) is 27.2. The summed E-state index contributed by atoms with van der Waals surface area (Å²) in [6.07, 6.45) is 1.61. The number of hydrogen-bond donors (Lipinski definition) is 3. The van der Waals surface area contributed by atoms with Crippen LogP contribution in [-0.4, -0.2) is 93.6 Å². The van der Waals surface area contributed by atoms with Crippen molar-refractivity contribution < 1.29 is 9.59 Å². The van der Waals surface area contributed by atoms with Gasteiger partial charge in [0.2, 0.25) is 5.91 Å². The van der Waals surface area contributed by atoms with Crippen molar-refractivity contribution in [3.05, 3.63) is 52.6 Å². The van der Waals surface area contributed by atoms with Crippen molar-refractivity contribution >= 4 is 17.8 Å². The van der Waals surface area contributed by atoms with Gasteiger partial charge in [-0.2, -0.15) is 4.98 Å². The number of hydrogen-bond acceptors (Lipinski definition) is 7. The van der Waals surface area contributed by atoms with Crippen LogP contribution in [0.2, 0.25) is 0 Å². The molecule has 2 unspecified atom stereocenters. The Hall–Kier alpha value is -3.28. The molecule has 11 nitrogen and oxygen atoms in total. The largest absolute Gasteiger partial charge is 0.354 e. The minimum Gasteiger partial charge on any atom is -0.338 e. The summed E-state index contributed by atoms with van der Waals surface area (Å²) >= 11 is 0. The predicted octanol–water partition coefficient (Wildman–Crippen LogP) is 0.638. The van der Waals surface area contributed by atoms with Gasteiger partial charge in [0.15, 0.2) is 0 Å². The predicted molar refractivity (Wildman–Crippen MR) is 145 cm³/mol. The molecule has 0 bridgehead atoms. The van der Waals surface area contributed by atoms with Crippen LogP contribution in [0, 0.1) is 11.8 Å². The van der Waals surface area contributed by atoms with Crippen molar-refractivity contribution in [2.45, 2.75) is 38.3 Å². The Morgan fingerprint density at radius 3 is 2.24 bits per heavy atom. The maximum absolute atomic E-state index is 12.7. The van der Waals surface area contributed by atoms with Crippen LogP contribution in [0.25, 0.3) is 5.69 Å². The van der Waals surface area contributed by atoms with E-state index in [0.29, 0.717) is 55.7 Å². The van der Waals surface area contributed by atoms with Gasteiger partial charge in [-0.1, -0.05) is 19.1 Å².